The van der Waals surface area contributed by atoms with E-state index in [4.69, 9.17) is 9.47 Å². The van der Waals surface area contributed by atoms with Gasteiger partial charge in [-0.25, -0.2) is 0 Å². The third-order valence-electron chi connectivity index (χ3n) is 9.07. The third kappa shape index (κ3) is 6.13. The number of methoxy groups -OCH3 is 1. The molecule has 0 saturated carbocycles. The van der Waals surface area contributed by atoms with E-state index in [2.05, 4.69) is 20.1 Å². The number of anilines is 1. The number of ether oxygens (including phenoxy) is 2. The van der Waals surface area contributed by atoms with Gasteiger partial charge in [0.2, 0.25) is 5.91 Å². The van der Waals surface area contributed by atoms with Crippen LogP contribution in [0.5, 0.6) is 5.75 Å². The number of hydrogen-bond donors (Lipinski definition) is 1. The summed E-state index contributed by atoms with van der Waals surface area (Å²) in [5.74, 6) is -0.955. The van der Waals surface area contributed by atoms with Gasteiger partial charge in [-0.2, -0.15) is 0 Å². The number of carbonyl (C=O) groups is 3. The Balaban J connectivity index is 1.66. The maximum atomic E-state index is 14.7. The number of amides is 2. The van der Waals surface area contributed by atoms with Crippen LogP contribution in [0, 0.1) is 17.8 Å². The molecule has 3 saturated heterocycles. The number of benzene rings is 1. The molecule has 3 unspecified atom stereocenters. The highest BCUT2D eigenvalue weighted by molar-refractivity contribution is 8.02. The van der Waals surface area contributed by atoms with Crippen LogP contribution in [-0.2, 0) is 19.1 Å². The summed E-state index contributed by atoms with van der Waals surface area (Å²) < 4.78 is 10.4. The van der Waals surface area contributed by atoms with Crippen LogP contribution in [0.15, 0.2) is 49.6 Å². The maximum Gasteiger partial charge on any atom is 0.310 e. The summed E-state index contributed by atoms with van der Waals surface area (Å²) >= 11 is 1.67. The molecule has 230 valence electrons. The number of likely N-dealkylation sites (tertiary alicyclic amines) is 1. The van der Waals surface area contributed by atoms with Gasteiger partial charge in [0, 0.05) is 30.6 Å². The van der Waals surface area contributed by atoms with Gasteiger partial charge in [-0.05, 0) is 68.7 Å². The number of rotatable bonds is 17. The molecule has 1 aromatic carbocycles. The molecule has 0 aromatic heterocycles. The zero-order chi connectivity index (χ0) is 30.3. The van der Waals surface area contributed by atoms with E-state index < -0.39 is 22.6 Å². The van der Waals surface area contributed by atoms with Crippen molar-refractivity contribution in [2.45, 2.75) is 74.3 Å². The predicted molar refractivity (Wildman–Crippen MR) is 166 cm³/mol. The first-order chi connectivity index (χ1) is 20.3. The first kappa shape index (κ1) is 32.1. The van der Waals surface area contributed by atoms with Crippen molar-refractivity contribution in [3.05, 3.63) is 49.6 Å². The normalized spacial score (nSPS) is 27.5. The van der Waals surface area contributed by atoms with Crippen LogP contribution >= 0.6 is 11.8 Å². The molecule has 3 heterocycles. The summed E-state index contributed by atoms with van der Waals surface area (Å²) in [7, 11) is 1.60. The summed E-state index contributed by atoms with van der Waals surface area (Å²) in [5, 5.41) is 9.15. The summed E-state index contributed by atoms with van der Waals surface area (Å²) in [4.78, 5) is 46.0. The van der Waals surface area contributed by atoms with Gasteiger partial charge in [0.15, 0.2) is 0 Å². The minimum absolute atomic E-state index is 0.0505. The quantitative estimate of drug-likeness (QED) is 0.153. The lowest BCUT2D eigenvalue weighted by molar-refractivity contribution is -0.154. The molecular weight excluding hydrogens is 552 g/mol. The fourth-order valence-corrected chi connectivity index (χ4v) is 9.48. The standard InChI is InChI=1S/C33H46N2O6S/c1-5-7-8-13-21-41-32(39)27-26-22-23(3)33(42-26)28(27)30(37)35(19-11-9-10-12-20-36)29(33)31(38)34(18-6-2)24-14-16-25(40-4)17-15-24/h5-6,14-17,23,26-29,36H,1-2,7-13,18-22H2,3-4H3/t23?,26-,27+,28+,29?,33?/m1/s1. The van der Waals surface area contributed by atoms with Crippen molar-refractivity contribution in [1.82, 2.24) is 4.90 Å². The van der Waals surface area contributed by atoms with Crippen LogP contribution in [0.4, 0.5) is 5.69 Å². The number of aliphatic hydroxyl groups is 1. The van der Waals surface area contributed by atoms with Crippen molar-refractivity contribution >= 4 is 35.2 Å². The highest BCUT2D eigenvalue weighted by atomic mass is 32.2. The van der Waals surface area contributed by atoms with Gasteiger partial charge in [-0.1, -0.05) is 31.9 Å². The molecule has 1 aromatic rings. The molecule has 1 N–H and O–H groups in total. The highest BCUT2D eigenvalue weighted by Gasteiger charge is 2.76. The lowest BCUT2D eigenvalue weighted by Gasteiger charge is -2.40. The summed E-state index contributed by atoms with van der Waals surface area (Å²) in [6.07, 6.45) is 9.97. The van der Waals surface area contributed by atoms with Gasteiger partial charge < -0.3 is 24.4 Å². The van der Waals surface area contributed by atoms with Crippen molar-refractivity contribution in [2.75, 3.05) is 38.3 Å². The molecule has 4 rings (SSSR count). The Morgan fingerprint density at radius 2 is 1.86 bits per heavy atom. The van der Waals surface area contributed by atoms with Crippen LogP contribution < -0.4 is 9.64 Å². The average molecular weight is 599 g/mol. The maximum absolute atomic E-state index is 14.7. The zero-order valence-electron chi connectivity index (χ0n) is 25.0. The van der Waals surface area contributed by atoms with Gasteiger partial charge in [-0.15, -0.1) is 24.9 Å². The molecule has 6 atom stereocenters. The van der Waals surface area contributed by atoms with Crippen molar-refractivity contribution in [1.29, 1.82) is 0 Å². The number of thioether (sulfide) groups is 1. The average Bonchev–Trinajstić information content (AvgIpc) is 3.59. The lowest BCUT2D eigenvalue weighted by Crippen LogP contribution is -2.57. The van der Waals surface area contributed by atoms with Gasteiger partial charge in [-0.3, -0.25) is 14.4 Å². The van der Waals surface area contributed by atoms with E-state index in [0.717, 1.165) is 44.9 Å². The minimum atomic E-state index is -0.706. The summed E-state index contributed by atoms with van der Waals surface area (Å²) in [6, 6.07) is 6.63. The molecule has 2 amide bonds. The van der Waals surface area contributed by atoms with Crippen molar-refractivity contribution in [3.8, 4) is 5.75 Å². The van der Waals surface area contributed by atoms with Crippen molar-refractivity contribution in [2.24, 2.45) is 17.8 Å². The Hall–Kier alpha value is -2.78. The molecule has 8 nitrogen and oxygen atoms in total. The molecule has 3 fully saturated rings. The van der Waals surface area contributed by atoms with E-state index in [-0.39, 0.29) is 35.6 Å². The number of hydrogen-bond acceptors (Lipinski definition) is 7. The van der Waals surface area contributed by atoms with Crippen LogP contribution in [0.3, 0.4) is 0 Å². The smallest absolute Gasteiger partial charge is 0.310 e. The molecule has 42 heavy (non-hydrogen) atoms. The molecule has 3 aliphatic heterocycles. The van der Waals surface area contributed by atoms with E-state index in [1.54, 1.807) is 34.7 Å². The molecule has 9 heteroatoms. The number of carbonyl (C=O) groups excluding carboxylic acids is 3. The number of aliphatic hydroxyl groups excluding tert-OH is 1. The zero-order valence-corrected chi connectivity index (χ0v) is 25.9. The van der Waals surface area contributed by atoms with Crippen LogP contribution in [0.25, 0.3) is 0 Å². The Bertz CT molecular complexity index is 1130. The highest BCUT2D eigenvalue weighted by Crippen LogP contribution is 2.68. The van der Waals surface area contributed by atoms with Crippen LogP contribution in [0.1, 0.15) is 58.3 Å². The molecule has 0 aliphatic carbocycles. The van der Waals surface area contributed by atoms with E-state index in [9.17, 15) is 19.5 Å². The fraction of sp³-hybridized carbons (Fsp3) is 0.606. The van der Waals surface area contributed by atoms with Gasteiger partial charge in [0.25, 0.3) is 5.91 Å². The van der Waals surface area contributed by atoms with Gasteiger partial charge >= 0.3 is 5.97 Å². The lowest BCUT2D eigenvalue weighted by atomic mass is 9.66. The molecular formula is C33H46N2O6S. The first-order valence-corrected chi connectivity index (χ1v) is 16.2. The van der Waals surface area contributed by atoms with Crippen molar-refractivity contribution in [3.63, 3.8) is 0 Å². The van der Waals surface area contributed by atoms with E-state index in [0.29, 0.717) is 37.6 Å². The molecule has 0 radical (unpaired) electrons. The molecule has 3 aliphatic rings. The number of nitrogens with zero attached hydrogens (tertiary/aromatic N) is 2. The first-order valence-electron chi connectivity index (χ1n) is 15.3. The monoisotopic (exact) mass is 598 g/mol. The van der Waals surface area contributed by atoms with E-state index in [1.807, 2.05) is 30.3 Å². The summed E-state index contributed by atoms with van der Waals surface area (Å²) in [5.41, 5.74) is 0.705. The van der Waals surface area contributed by atoms with E-state index in [1.165, 1.54) is 0 Å². The second-order valence-electron chi connectivity index (χ2n) is 11.6. The Labute approximate surface area is 254 Å². The SMILES string of the molecule is C=CCCCCOC(=O)[C@@H]1[C@H]2C(=O)N(CCCCCCO)C(C(=O)N(CC=C)c3ccc(OC)cc3)C23S[C@@H]1CC3C. The Morgan fingerprint density at radius 1 is 1.12 bits per heavy atom. The largest absolute Gasteiger partial charge is 0.497 e. The second-order valence-corrected chi connectivity index (χ2v) is 13.2. The van der Waals surface area contributed by atoms with E-state index >= 15 is 0 Å². The number of unbranched alkanes of at least 4 members (excludes halogenated alkanes) is 5. The topological polar surface area (TPSA) is 96.4 Å². The van der Waals surface area contributed by atoms with Crippen LogP contribution in [-0.4, -0.2) is 77.2 Å². The number of allylic oxidation sites excluding steroid dienone is 1. The van der Waals surface area contributed by atoms with Gasteiger partial charge in [0.1, 0.15) is 11.8 Å². The third-order valence-corrected chi connectivity index (χ3v) is 11.1. The fourth-order valence-electron chi connectivity index (χ4n) is 7.08. The molecule has 2 bridgehead atoms. The van der Waals surface area contributed by atoms with Crippen LogP contribution in [0.2, 0.25) is 0 Å². The summed E-state index contributed by atoms with van der Waals surface area (Å²) in [6.45, 7) is 11.0. The van der Waals surface area contributed by atoms with Crippen molar-refractivity contribution < 1.29 is 29.0 Å². The minimum Gasteiger partial charge on any atom is -0.497 e. The number of fused-ring (bicyclic) bond motifs is 1. The molecule has 1 spiro atoms. The Kier molecular flexibility index (Phi) is 11.2. The second kappa shape index (κ2) is 14.6. The Morgan fingerprint density at radius 3 is 2.52 bits per heavy atom. The predicted octanol–water partition coefficient (Wildman–Crippen LogP) is 5.00. The van der Waals surface area contributed by atoms with Gasteiger partial charge in [0.05, 0.1) is 30.3 Å². The number of esters is 1.